The van der Waals surface area contributed by atoms with Crippen LogP contribution in [0.25, 0.3) is 26.9 Å². The highest BCUT2D eigenvalue weighted by Gasteiger charge is 2.19. The van der Waals surface area contributed by atoms with Gasteiger partial charge in [0.1, 0.15) is 5.69 Å². The van der Waals surface area contributed by atoms with E-state index < -0.39 is 0 Å². The van der Waals surface area contributed by atoms with E-state index >= 15 is 0 Å². The third-order valence-electron chi connectivity index (χ3n) is 3.39. The van der Waals surface area contributed by atoms with E-state index in [2.05, 4.69) is 15.5 Å². The van der Waals surface area contributed by atoms with E-state index in [1.54, 1.807) is 28.9 Å². The van der Waals surface area contributed by atoms with Crippen molar-refractivity contribution < 1.29 is 0 Å². The Morgan fingerprint density at radius 1 is 1.18 bits per heavy atom. The van der Waals surface area contributed by atoms with Crippen LogP contribution in [-0.2, 0) is 6.42 Å². The van der Waals surface area contributed by atoms with Gasteiger partial charge in [0.2, 0.25) is 0 Å². The van der Waals surface area contributed by atoms with Gasteiger partial charge in [-0.05, 0) is 23.6 Å². The monoisotopic (exact) mass is 322 g/mol. The number of imidazole rings is 1. The summed E-state index contributed by atoms with van der Waals surface area (Å²) in [5.41, 5.74) is 3.71. The number of thiazole rings is 1. The summed E-state index contributed by atoms with van der Waals surface area (Å²) in [5, 5.41) is 13.3. The van der Waals surface area contributed by atoms with E-state index in [0.29, 0.717) is 6.42 Å². The van der Waals surface area contributed by atoms with E-state index in [9.17, 15) is 5.26 Å². The Bertz CT molecular complexity index is 959. The quantitative estimate of drug-likeness (QED) is 0.566. The van der Waals surface area contributed by atoms with E-state index in [4.69, 9.17) is 4.98 Å². The zero-order valence-corrected chi connectivity index (χ0v) is 13.1. The minimum atomic E-state index is 0.324. The molecule has 0 unspecified atom stereocenters. The van der Waals surface area contributed by atoms with Crippen LogP contribution in [0.1, 0.15) is 5.69 Å². The standard InChI is InChI=1S/C16H10N4S2/c17-7-6-12-15(14-5-3-9-21-14)19-16-20(12)13(10-22-16)11-4-1-2-8-18-11/h1-5,8-10H,6H2. The van der Waals surface area contributed by atoms with Gasteiger partial charge in [0.05, 0.1) is 34.4 Å². The minimum Gasteiger partial charge on any atom is -0.284 e. The highest BCUT2D eigenvalue weighted by atomic mass is 32.1. The first-order chi connectivity index (χ1) is 10.9. The third kappa shape index (κ3) is 2.03. The van der Waals surface area contributed by atoms with Crippen molar-refractivity contribution in [3.05, 3.63) is 53.0 Å². The molecule has 0 amide bonds. The molecule has 0 aliphatic rings. The third-order valence-corrected chi connectivity index (χ3v) is 5.09. The summed E-state index contributed by atoms with van der Waals surface area (Å²) in [7, 11) is 0. The summed E-state index contributed by atoms with van der Waals surface area (Å²) in [4.78, 5) is 11.1. The van der Waals surface area contributed by atoms with Crippen LogP contribution in [0, 0.1) is 11.3 Å². The summed E-state index contributed by atoms with van der Waals surface area (Å²) in [6, 6.07) is 12.1. The number of fused-ring (bicyclic) bond motifs is 1. The van der Waals surface area contributed by atoms with Gasteiger partial charge in [0.15, 0.2) is 4.96 Å². The molecule has 106 valence electrons. The summed E-state index contributed by atoms with van der Waals surface area (Å²) >= 11 is 3.21. The number of nitriles is 1. The van der Waals surface area contributed by atoms with Crippen molar-refractivity contribution in [2.75, 3.05) is 0 Å². The molecule has 4 aromatic rings. The van der Waals surface area contributed by atoms with Crippen molar-refractivity contribution in [1.82, 2.24) is 14.4 Å². The first-order valence-corrected chi connectivity index (χ1v) is 8.45. The molecule has 4 aromatic heterocycles. The van der Waals surface area contributed by atoms with Crippen LogP contribution in [0.15, 0.2) is 47.3 Å². The minimum absolute atomic E-state index is 0.324. The van der Waals surface area contributed by atoms with Crippen molar-refractivity contribution >= 4 is 27.6 Å². The van der Waals surface area contributed by atoms with Gasteiger partial charge in [-0.2, -0.15) is 5.26 Å². The van der Waals surface area contributed by atoms with E-state index in [1.165, 1.54) is 0 Å². The number of pyridine rings is 1. The number of nitrogens with zero attached hydrogens (tertiary/aromatic N) is 4. The topological polar surface area (TPSA) is 54.0 Å². The molecule has 0 aliphatic heterocycles. The van der Waals surface area contributed by atoms with Gasteiger partial charge in [0, 0.05) is 11.6 Å². The van der Waals surface area contributed by atoms with Crippen LogP contribution < -0.4 is 0 Å². The molecule has 0 bridgehead atoms. The smallest absolute Gasteiger partial charge is 0.195 e. The molecule has 0 spiro atoms. The zero-order chi connectivity index (χ0) is 14.9. The second kappa shape index (κ2) is 5.37. The van der Waals surface area contributed by atoms with Crippen LogP contribution in [0.5, 0.6) is 0 Å². The predicted octanol–water partition coefficient (Wildman–Crippen LogP) is 4.25. The largest absolute Gasteiger partial charge is 0.284 e. The normalized spacial score (nSPS) is 10.9. The molecule has 4 rings (SSSR count). The Morgan fingerprint density at radius 3 is 2.86 bits per heavy atom. The molecule has 0 aliphatic carbocycles. The molecule has 4 heterocycles. The number of rotatable bonds is 3. The van der Waals surface area contributed by atoms with Crippen LogP contribution in [-0.4, -0.2) is 14.4 Å². The van der Waals surface area contributed by atoms with Crippen molar-refractivity contribution in [2.24, 2.45) is 0 Å². The summed E-state index contributed by atoms with van der Waals surface area (Å²) < 4.78 is 2.06. The fourth-order valence-corrected chi connectivity index (χ4v) is 4.09. The Labute approximate surface area is 135 Å². The van der Waals surface area contributed by atoms with Crippen LogP contribution in [0.2, 0.25) is 0 Å². The summed E-state index contributed by atoms with van der Waals surface area (Å²) in [6.07, 6.45) is 2.10. The summed E-state index contributed by atoms with van der Waals surface area (Å²) in [5.74, 6) is 0. The lowest BCUT2D eigenvalue weighted by molar-refractivity contribution is 1.07. The van der Waals surface area contributed by atoms with Gasteiger partial charge < -0.3 is 0 Å². The molecule has 0 saturated heterocycles. The molecule has 6 heteroatoms. The van der Waals surface area contributed by atoms with Crippen molar-refractivity contribution in [3.63, 3.8) is 0 Å². The number of aromatic nitrogens is 3. The number of hydrogen-bond acceptors (Lipinski definition) is 5. The summed E-state index contributed by atoms with van der Waals surface area (Å²) in [6.45, 7) is 0. The Balaban J connectivity index is 2.00. The fraction of sp³-hybridized carbons (Fsp3) is 0.0625. The molecule has 4 nitrogen and oxygen atoms in total. The highest BCUT2D eigenvalue weighted by molar-refractivity contribution is 7.15. The molecule has 0 atom stereocenters. The lowest BCUT2D eigenvalue weighted by Gasteiger charge is -2.02. The van der Waals surface area contributed by atoms with E-state index in [1.807, 2.05) is 41.1 Å². The molecule has 0 saturated carbocycles. The SMILES string of the molecule is N#CCc1c(-c2cccs2)nc2scc(-c3ccccn3)n12. The lowest BCUT2D eigenvalue weighted by Crippen LogP contribution is -1.95. The molecular formula is C16H10N4S2. The lowest BCUT2D eigenvalue weighted by atomic mass is 10.2. The van der Waals surface area contributed by atoms with Gasteiger partial charge >= 0.3 is 0 Å². The molecule has 0 aromatic carbocycles. The van der Waals surface area contributed by atoms with Crippen LogP contribution in [0.3, 0.4) is 0 Å². The Hall–Kier alpha value is -2.49. The maximum absolute atomic E-state index is 9.22. The van der Waals surface area contributed by atoms with Crippen LogP contribution >= 0.6 is 22.7 Å². The highest BCUT2D eigenvalue weighted by Crippen LogP contribution is 2.34. The molecule has 22 heavy (non-hydrogen) atoms. The molecule has 0 N–H and O–H groups in total. The molecular weight excluding hydrogens is 312 g/mol. The number of hydrogen-bond donors (Lipinski definition) is 0. The Kier molecular flexibility index (Phi) is 3.22. The van der Waals surface area contributed by atoms with Crippen LogP contribution in [0.4, 0.5) is 0 Å². The zero-order valence-electron chi connectivity index (χ0n) is 11.4. The molecule has 0 fully saturated rings. The molecule has 0 radical (unpaired) electrons. The van der Waals surface area contributed by atoms with Gasteiger partial charge in [-0.3, -0.25) is 9.38 Å². The van der Waals surface area contributed by atoms with Gasteiger partial charge in [-0.15, -0.1) is 22.7 Å². The maximum Gasteiger partial charge on any atom is 0.195 e. The average molecular weight is 322 g/mol. The predicted molar refractivity (Wildman–Crippen MR) is 88.9 cm³/mol. The van der Waals surface area contributed by atoms with Crippen molar-refractivity contribution in [1.29, 1.82) is 5.26 Å². The van der Waals surface area contributed by atoms with Crippen molar-refractivity contribution in [3.8, 4) is 28.0 Å². The average Bonchev–Trinajstić information content (AvgIpc) is 3.25. The second-order valence-corrected chi connectivity index (χ2v) is 6.46. The van der Waals surface area contributed by atoms with Gasteiger partial charge in [-0.25, -0.2) is 4.98 Å². The fourth-order valence-electron chi connectivity index (χ4n) is 2.46. The first-order valence-electron chi connectivity index (χ1n) is 6.69. The van der Waals surface area contributed by atoms with E-state index in [0.717, 1.165) is 32.6 Å². The van der Waals surface area contributed by atoms with E-state index in [-0.39, 0.29) is 0 Å². The second-order valence-electron chi connectivity index (χ2n) is 4.67. The number of thiophene rings is 1. The Morgan fingerprint density at radius 2 is 2.14 bits per heavy atom. The van der Waals surface area contributed by atoms with Gasteiger partial charge in [0.25, 0.3) is 0 Å². The first kappa shape index (κ1) is 13.2. The maximum atomic E-state index is 9.22. The van der Waals surface area contributed by atoms with Crippen molar-refractivity contribution in [2.45, 2.75) is 6.42 Å². The van der Waals surface area contributed by atoms with Gasteiger partial charge in [-0.1, -0.05) is 12.1 Å².